The lowest BCUT2D eigenvalue weighted by atomic mass is 9.89. The lowest BCUT2D eigenvalue weighted by Crippen LogP contribution is -2.41. The number of hydrogen-bond donors (Lipinski definition) is 2. The predicted octanol–water partition coefficient (Wildman–Crippen LogP) is 3.40. The van der Waals surface area contributed by atoms with Crippen LogP contribution in [-0.4, -0.2) is 25.5 Å². The van der Waals surface area contributed by atoms with Crippen molar-refractivity contribution in [1.82, 2.24) is 4.72 Å². The largest absolute Gasteiger partial charge is 0.478 e. The van der Waals surface area contributed by atoms with Crippen molar-refractivity contribution in [2.45, 2.75) is 38.6 Å². The van der Waals surface area contributed by atoms with E-state index in [1.54, 1.807) is 6.92 Å². The number of aromatic carboxylic acids is 1. The molecule has 0 radical (unpaired) electrons. The molecule has 8 heteroatoms. The Balaban J connectivity index is 3.32. The van der Waals surface area contributed by atoms with Gasteiger partial charge in [-0.2, -0.15) is 0 Å². The fraction of sp³-hybridized carbons (Fsp3) is 0.462. The third kappa shape index (κ3) is 4.32. The molecule has 0 fully saturated rings. The predicted molar refractivity (Wildman–Crippen MR) is 82.7 cm³/mol. The molecule has 0 bridgehead atoms. The van der Waals surface area contributed by atoms with Crippen LogP contribution in [-0.2, 0) is 10.0 Å². The maximum atomic E-state index is 12.4. The van der Waals surface area contributed by atoms with Crippen molar-refractivity contribution >= 4 is 39.2 Å². The molecular weight excluding hydrogens is 337 g/mol. The van der Waals surface area contributed by atoms with E-state index in [9.17, 15) is 13.2 Å². The number of rotatable bonds is 4. The summed E-state index contributed by atoms with van der Waals surface area (Å²) >= 11 is 11.6. The number of carboxylic acids is 1. The first-order chi connectivity index (χ1) is 9.36. The Hall–Kier alpha value is -0.820. The van der Waals surface area contributed by atoms with Crippen LogP contribution in [0.5, 0.6) is 0 Å². The van der Waals surface area contributed by atoms with Gasteiger partial charge in [0.15, 0.2) is 0 Å². The average Bonchev–Trinajstić information content (AvgIpc) is 2.25. The monoisotopic (exact) mass is 353 g/mol. The van der Waals surface area contributed by atoms with Gasteiger partial charge in [-0.25, -0.2) is 17.9 Å². The van der Waals surface area contributed by atoms with Gasteiger partial charge in [0.1, 0.15) is 4.90 Å². The topological polar surface area (TPSA) is 83.5 Å². The number of carboxylic acid groups (broad SMARTS) is 1. The van der Waals surface area contributed by atoms with Crippen LogP contribution in [0, 0.1) is 5.41 Å². The quantitative estimate of drug-likeness (QED) is 0.868. The molecule has 0 amide bonds. The van der Waals surface area contributed by atoms with Gasteiger partial charge in [-0.05, 0) is 24.5 Å². The highest BCUT2D eigenvalue weighted by molar-refractivity contribution is 7.89. The number of carbonyl (C=O) groups is 1. The Bertz CT molecular complexity index is 665. The molecule has 5 nitrogen and oxygen atoms in total. The molecule has 21 heavy (non-hydrogen) atoms. The molecule has 0 aliphatic rings. The highest BCUT2D eigenvalue weighted by Gasteiger charge is 2.28. The smallest absolute Gasteiger partial charge is 0.337 e. The van der Waals surface area contributed by atoms with Gasteiger partial charge in [0.2, 0.25) is 10.0 Å². The lowest BCUT2D eigenvalue weighted by Gasteiger charge is -2.28. The van der Waals surface area contributed by atoms with E-state index in [4.69, 9.17) is 28.3 Å². The molecule has 0 aliphatic carbocycles. The first-order valence-electron chi connectivity index (χ1n) is 6.11. The van der Waals surface area contributed by atoms with E-state index in [1.165, 1.54) is 0 Å². The second kappa shape index (κ2) is 6.12. The molecule has 0 aromatic heterocycles. The Labute approximate surface area is 134 Å². The average molecular weight is 354 g/mol. The van der Waals surface area contributed by atoms with Crippen LogP contribution in [0.4, 0.5) is 0 Å². The van der Waals surface area contributed by atoms with E-state index in [0.29, 0.717) is 0 Å². The van der Waals surface area contributed by atoms with Crippen molar-refractivity contribution in [2.24, 2.45) is 5.41 Å². The summed E-state index contributed by atoms with van der Waals surface area (Å²) in [7, 11) is -3.95. The van der Waals surface area contributed by atoms with Crippen LogP contribution in [0.2, 0.25) is 10.0 Å². The summed E-state index contributed by atoms with van der Waals surface area (Å²) in [6.07, 6.45) is 0. The number of halogens is 2. The van der Waals surface area contributed by atoms with Crippen molar-refractivity contribution in [2.75, 3.05) is 0 Å². The third-order valence-electron chi connectivity index (χ3n) is 3.17. The van der Waals surface area contributed by atoms with Crippen molar-refractivity contribution in [1.29, 1.82) is 0 Å². The van der Waals surface area contributed by atoms with Gasteiger partial charge in [-0.3, -0.25) is 0 Å². The fourth-order valence-corrected chi connectivity index (χ4v) is 3.68. The molecule has 0 saturated heterocycles. The standard InChI is InChI=1S/C13H17Cl2NO4S/c1-7(13(2,3)4)16-21(19,20)11-5-8(12(17)18)9(14)6-10(11)15/h5-7,16H,1-4H3,(H,17,18). The summed E-state index contributed by atoms with van der Waals surface area (Å²) in [6.45, 7) is 7.37. The van der Waals surface area contributed by atoms with Crippen LogP contribution >= 0.6 is 23.2 Å². The van der Waals surface area contributed by atoms with Crippen molar-refractivity contribution in [3.63, 3.8) is 0 Å². The Morgan fingerprint density at radius 1 is 1.24 bits per heavy atom. The van der Waals surface area contributed by atoms with Crippen LogP contribution < -0.4 is 4.72 Å². The normalized spacial score (nSPS) is 14.0. The van der Waals surface area contributed by atoms with Gasteiger partial charge in [0.05, 0.1) is 15.6 Å². The first-order valence-corrected chi connectivity index (χ1v) is 8.35. The molecule has 2 N–H and O–H groups in total. The van der Waals surface area contributed by atoms with E-state index in [0.717, 1.165) is 12.1 Å². The summed E-state index contributed by atoms with van der Waals surface area (Å²) in [5, 5.41) is 8.77. The zero-order valence-corrected chi connectivity index (χ0v) is 14.4. The number of nitrogens with one attached hydrogen (secondary N) is 1. The van der Waals surface area contributed by atoms with Gasteiger partial charge >= 0.3 is 5.97 Å². The van der Waals surface area contributed by atoms with E-state index < -0.39 is 16.0 Å². The fourth-order valence-electron chi connectivity index (χ4n) is 1.37. The minimum absolute atomic E-state index is 0.115. The molecule has 1 atom stereocenters. The van der Waals surface area contributed by atoms with E-state index in [-0.39, 0.29) is 32.0 Å². The van der Waals surface area contributed by atoms with Crippen molar-refractivity contribution < 1.29 is 18.3 Å². The van der Waals surface area contributed by atoms with Crippen LogP contribution in [0.3, 0.4) is 0 Å². The summed E-state index contributed by atoms with van der Waals surface area (Å²) in [6, 6.07) is 1.70. The second-order valence-electron chi connectivity index (χ2n) is 5.78. The van der Waals surface area contributed by atoms with E-state index in [1.807, 2.05) is 20.8 Å². The number of benzene rings is 1. The van der Waals surface area contributed by atoms with Crippen LogP contribution in [0.15, 0.2) is 17.0 Å². The summed E-state index contributed by atoms with van der Waals surface area (Å²) in [4.78, 5) is 10.7. The minimum atomic E-state index is -3.95. The Morgan fingerprint density at radius 2 is 1.76 bits per heavy atom. The Kier molecular flexibility index (Phi) is 5.31. The van der Waals surface area contributed by atoms with E-state index >= 15 is 0 Å². The van der Waals surface area contributed by atoms with Gasteiger partial charge in [-0.1, -0.05) is 44.0 Å². The SMILES string of the molecule is CC(NS(=O)(=O)c1cc(C(=O)O)c(Cl)cc1Cl)C(C)(C)C. The Morgan fingerprint density at radius 3 is 2.19 bits per heavy atom. The van der Waals surface area contributed by atoms with E-state index in [2.05, 4.69) is 4.72 Å². The summed E-state index contributed by atoms with van der Waals surface area (Å²) < 4.78 is 27.2. The lowest BCUT2D eigenvalue weighted by molar-refractivity contribution is 0.0697. The van der Waals surface area contributed by atoms with Gasteiger partial charge in [-0.15, -0.1) is 0 Å². The van der Waals surface area contributed by atoms with Gasteiger partial charge in [0.25, 0.3) is 0 Å². The zero-order valence-electron chi connectivity index (χ0n) is 12.1. The molecular formula is C13H17Cl2NO4S. The zero-order chi connectivity index (χ0) is 16.6. The van der Waals surface area contributed by atoms with Gasteiger partial charge in [0, 0.05) is 6.04 Å². The molecule has 1 rings (SSSR count). The first kappa shape index (κ1) is 18.2. The maximum absolute atomic E-state index is 12.4. The van der Waals surface area contributed by atoms with Crippen molar-refractivity contribution in [3.05, 3.63) is 27.7 Å². The molecule has 0 saturated carbocycles. The molecule has 1 aromatic carbocycles. The highest BCUT2D eigenvalue weighted by atomic mass is 35.5. The molecule has 118 valence electrons. The summed E-state index contributed by atoms with van der Waals surface area (Å²) in [5.41, 5.74) is -0.619. The van der Waals surface area contributed by atoms with Crippen molar-refractivity contribution in [3.8, 4) is 0 Å². The molecule has 0 heterocycles. The second-order valence-corrected chi connectivity index (χ2v) is 8.27. The van der Waals surface area contributed by atoms with Crippen LogP contribution in [0.1, 0.15) is 38.1 Å². The number of hydrogen-bond acceptors (Lipinski definition) is 3. The highest BCUT2D eigenvalue weighted by Crippen LogP contribution is 2.30. The summed E-state index contributed by atoms with van der Waals surface area (Å²) in [5.74, 6) is -1.32. The molecule has 0 spiro atoms. The maximum Gasteiger partial charge on any atom is 0.337 e. The minimum Gasteiger partial charge on any atom is -0.478 e. The number of sulfonamides is 1. The third-order valence-corrected chi connectivity index (χ3v) is 5.49. The van der Waals surface area contributed by atoms with Gasteiger partial charge < -0.3 is 5.11 Å². The molecule has 0 aliphatic heterocycles. The van der Waals surface area contributed by atoms with Crippen LogP contribution in [0.25, 0.3) is 0 Å². The molecule has 1 unspecified atom stereocenters. The molecule has 1 aromatic rings.